The lowest BCUT2D eigenvalue weighted by Crippen LogP contribution is -2.14. The number of nitrogens with zero attached hydrogens (tertiary/aromatic N) is 3. The summed E-state index contributed by atoms with van der Waals surface area (Å²) < 4.78 is 0. The second-order valence-electron chi connectivity index (χ2n) is 2.78. The average Bonchev–Trinajstić information content (AvgIpc) is 2.48. The molecule has 12 heavy (non-hydrogen) atoms. The molecular formula is C8H11N3S. The number of aromatic nitrogens is 1. The first-order valence-corrected chi connectivity index (χ1v) is 4.53. The third kappa shape index (κ3) is 2.61. The zero-order valence-corrected chi connectivity index (χ0v) is 8.06. The van der Waals surface area contributed by atoms with Crippen LogP contribution in [0.15, 0.2) is 6.20 Å². The number of thiazole rings is 1. The monoisotopic (exact) mass is 181 g/mol. The van der Waals surface area contributed by atoms with Gasteiger partial charge in [-0.15, -0.1) is 11.3 Å². The molecule has 0 amide bonds. The minimum atomic E-state index is 0.698. The molecule has 4 heteroatoms. The second kappa shape index (κ2) is 4.19. The molecule has 1 rings (SSSR count). The molecule has 0 aliphatic rings. The van der Waals surface area contributed by atoms with Crippen LogP contribution in [0.1, 0.15) is 9.88 Å². The molecule has 3 nitrogen and oxygen atoms in total. The fourth-order valence-corrected chi connectivity index (χ4v) is 1.50. The van der Waals surface area contributed by atoms with Crippen molar-refractivity contribution >= 4 is 11.3 Å². The van der Waals surface area contributed by atoms with Crippen molar-refractivity contribution in [1.29, 1.82) is 5.26 Å². The third-order valence-corrected chi connectivity index (χ3v) is 2.40. The number of likely N-dealkylation sites (N-methyl/N-ethyl adjacent to an activating group) is 1. The summed E-state index contributed by atoms with van der Waals surface area (Å²) in [5, 5.41) is 9.58. The molecule has 0 atom stereocenters. The van der Waals surface area contributed by atoms with E-state index in [9.17, 15) is 0 Å². The van der Waals surface area contributed by atoms with Crippen molar-refractivity contribution in [2.24, 2.45) is 0 Å². The normalized spacial score (nSPS) is 10.2. The smallest absolute Gasteiger partial charge is 0.124 e. The van der Waals surface area contributed by atoms with Gasteiger partial charge in [0.15, 0.2) is 0 Å². The quantitative estimate of drug-likeness (QED) is 0.701. The molecule has 0 fully saturated rings. The van der Waals surface area contributed by atoms with Crippen LogP contribution >= 0.6 is 11.3 Å². The van der Waals surface area contributed by atoms with Gasteiger partial charge in [-0.3, -0.25) is 0 Å². The van der Waals surface area contributed by atoms with E-state index in [2.05, 4.69) is 16.0 Å². The average molecular weight is 181 g/mol. The van der Waals surface area contributed by atoms with Crippen LogP contribution in [0.4, 0.5) is 0 Å². The summed E-state index contributed by atoms with van der Waals surface area (Å²) in [5.74, 6) is 0. The molecule has 0 unspecified atom stereocenters. The van der Waals surface area contributed by atoms with Crippen molar-refractivity contribution in [3.05, 3.63) is 16.1 Å². The van der Waals surface area contributed by atoms with Crippen molar-refractivity contribution in [2.45, 2.75) is 6.42 Å². The minimum absolute atomic E-state index is 0.698. The van der Waals surface area contributed by atoms with E-state index in [1.165, 1.54) is 11.3 Å². The summed E-state index contributed by atoms with van der Waals surface area (Å²) >= 11 is 1.48. The van der Waals surface area contributed by atoms with Gasteiger partial charge in [0.05, 0.1) is 11.2 Å². The van der Waals surface area contributed by atoms with Gasteiger partial charge >= 0.3 is 0 Å². The van der Waals surface area contributed by atoms with Gasteiger partial charge in [0, 0.05) is 13.0 Å². The molecule has 1 aromatic heterocycles. The van der Waals surface area contributed by atoms with Gasteiger partial charge in [0.1, 0.15) is 10.9 Å². The first-order valence-electron chi connectivity index (χ1n) is 3.72. The van der Waals surface area contributed by atoms with Crippen LogP contribution in [0.2, 0.25) is 0 Å². The molecule has 0 aliphatic heterocycles. The van der Waals surface area contributed by atoms with E-state index < -0.39 is 0 Å². The number of nitriles is 1. The van der Waals surface area contributed by atoms with Crippen LogP contribution in [0, 0.1) is 11.3 Å². The maximum absolute atomic E-state index is 8.54. The van der Waals surface area contributed by atoms with Crippen LogP contribution in [0.3, 0.4) is 0 Å². The van der Waals surface area contributed by atoms with E-state index in [-0.39, 0.29) is 0 Å². The Labute approximate surface area is 76.3 Å². The van der Waals surface area contributed by atoms with Gasteiger partial charge in [0.2, 0.25) is 0 Å². The SMILES string of the molecule is CN(C)CCc1ncc(C#N)s1. The van der Waals surface area contributed by atoms with Gasteiger partial charge in [-0.2, -0.15) is 5.26 Å². The lowest BCUT2D eigenvalue weighted by atomic mass is 10.4. The third-order valence-electron chi connectivity index (χ3n) is 1.44. The molecule has 0 saturated carbocycles. The summed E-state index contributed by atoms with van der Waals surface area (Å²) in [4.78, 5) is 6.93. The minimum Gasteiger partial charge on any atom is -0.309 e. The Hall–Kier alpha value is -0.920. The Morgan fingerprint density at radius 3 is 2.92 bits per heavy atom. The Kier molecular flexibility index (Phi) is 3.20. The maximum atomic E-state index is 8.54. The van der Waals surface area contributed by atoms with E-state index in [0.29, 0.717) is 4.88 Å². The summed E-state index contributed by atoms with van der Waals surface area (Å²) in [5.41, 5.74) is 0. The Balaban J connectivity index is 2.48. The summed E-state index contributed by atoms with van der Waals surface area (Å²) in [6, 6.07) is 2.08. The van der Waals surface area contributed by atoms with Crippen molar-refractivity contribution in [1.82, 2.24) is 9.88 Å². The topological polar surface area (TPSA) is 39.9 Å². The van der Waals surface area contributed by atoms with Crippen molar-refractivity contribution in [3.8, 4) is 6.07 Å². The van der Waals surface area contributed by atoms with E-state index in [4.69, 9.17) is 5.26 Å². The zero-order valence-electron chi connectivity index (χ0n) is 7.24. The molecule has 1 aromatic rings. The van der Waals surface area contributed by atoms with Crippen LogP contribution in [-0.4, -0.2) is 30.5 Å². The summed E-state index contributed by atoms with van der Waals surface area (Å²) in [6.07, 6.45) is 2.56. The zero-order chi connectivity index (χ0) is 8.97. The fraction of sp³-hybridized carbons (Fsp3) is 0.500. The molecule has 0 aromatic carbocycles. The van der Waals surface area contributed by atoms with Crippen molar-refractivity contribution in [3.63, 3.8) is 0 Å². The van der Waals surface area contributed by atoms with Crippen LogP contribution < -0.4 is 0 Å². The Morgan fingerprint density at radius 1 is 1.67 bits per heavy atom. The first-order chi connectivity index (χ1) is 5.72. The molecule has 0 aliphatic carbocycles. The highest BCUT2D eigenvalue weighted by Crippen LogP contribution is 2.11. The predicted octanol–water partition coefficient (Wildman–Crippen LogP) is 1.12. The van der Waals surface area contributed by atoms with Gasteiger partial charge < -0.3 is 4.90 Å². The highest BCUT2D eigenvalue weighted by atomic mass is 32.1. The van der Waals surface area contributed by atoms with E-state index in [1.807, 2.05) is 14.1 Å². The summed E-state index contributed by atoms with van der Waals surface area (Å²) in [7, 11) is 4.05. The second-order valence-corrected chi connectivity index (χ2v) is 3.90. The van der Waals surface area contributed by atoms with E-state index in [0.717, 1.165) is 18.0 Å². The van der Waals surface area contributed by atoms with Crippen LogP contribution in [0.5, 0.6) is 0 Å². The lowest BCUT2D eigenvalue weighted by molar-refractivity contribution is 0.413. The number of hydrogen-bond donors (Lipinski definition) is 0. The van der Waals surface area contributed by atoms with Gasteiger partial charge in [-0.25, -0.2) is 4.98 Å². The predicted molar refractivity (Wildman–Crippen MR) is 49.1 cm³/mol. The number of rotatable bonds is 3. The molecule has 0 spiro atoms. The maximum Gasteiger partial charge on any atom is 0.124 e. The Bertz CT molecular complexity index is 285. The lowest BCUT2D eigenvalue weighted by Gasteiger charge is -2.06. The molecule has 0 radical (unpaired) electrons. The highest BCUT2D eigenvalue weighted by Gasteiger charge is 2.00. The van der Waals surface area contributed by atoms with Gasteiger partial charge in [0.25, 0.3) is 0 Å². The Morgan fingerprint density at radius 2 is 2.42 bits per heavy atom. The number of hydrogen-bond acceptors (Lipinski definition) is 4. The van der Waals surface area contributed by atoms with E-state index in [1.54, 1.807) is 6.20 Å². The molecule has 64 valence electrons. The molecule has 0 saturated heterocycles. The fourth-order valence-electron chi connectivity index (χ4n) is 0.797. The van der Waals surface area contributed by atoms with Crippen molar-refractivity contribution < 1.29 is 0 Å². The van der Waals surface area contributed by atoms with Gasteiger partial charge in [-0.1, -0.05) is 0 Å². The molecule has 0 N–H and O–H groups in total. The highest BCUT2D eigenvalue weighted by molar-refractivity contribution is 7.12. The molecule has 0 bridgehead atoms. The standard InChI is InChI=1S/C8H11N3S/c1-11(2)4-3-8-10-6-7(5-9)12-8/h6H,3-4H2,1-2H3. The van der Waals surface area contributed by atoms with E-state index >= 15 is 0 Å². The summed E-state index contributed by atoms with van der Waals surface area (Å²) in [6.45, 7) is 0.985. The first kappa shape index (κ1) is 9.17. The van der Waals surface area contributed by atoms with Crippen LogP contribution in [0.25, 0.3) is 0 Å². The largest absolute Gasteiger partial charge is 0.309 e. The van der Waals surface area contributed by atoms with Crippen molar-refractivity contribution in [2.75, 3.05) is 20.6 Å². The molecular weight excluding hydrogens is 170 g/mol. The van der Waals surface area contributed by atoms with Gasteiger partial charge in [-0.05, 0) is 14.1 Å². The van der Waals surface area contributed by atoms with Crippen LogP contribution in [-0.2, 0) is 6.42 Å². The molecule has 1 heterocycles.